The summed E-state index contributed by atoms with van der Waals surface area (Å²) in [5.41, 5.74) is 3.44. The molecule has 1 amide bonds. The number of ether oxygens (including phenoxy) is 1. The van der Waals surface area contributed by atoms with Crippen molar-refractivity contribution in [2.24, 2.45) is 0 Å². The Morgan fingerprint density at radius 1 is 1.15 bits per heavy atom. The van der Waals surface area contributed by atoms with Crippen LogP contribution in [0.15, 0.2) is 54.7 Å². The summed E-state index contributed by atoms with van der Waals surface area (Å²) in [5.74, 6) is 0.167. The second-order valence-corrected chi connectivity index (χ2v) is 6.22. The van der Waals surface area contributed by atoms with E-state index in [9.17, 15) is 9.18 Å². The van der Waals surface area contributed by atoms with Gasteiger partial charge in [-0.1, -0.05) is 12.1 Å². The Morgan fingerprint density at radius 2 is 1.85 bits per heavy atom. The maximum atomic E-state index is 12.9. The number of nitrogens with one attached hydrogen (secondary N) is 1. The van der Waals surface area contributed by atoms with Gasteiger partial charge in [0.1, 0.15) is 18.2 Å². The van der Waals surface area contributed by atoms with Crippen LogP contribution in [0.3, 0.4) is 0 Å². The number of hydrogen-bond acceptors (Lipinski definition) is 3. The van der Waals surface area contributed by atoms with E-state index < -0.39 is 0 Å². The zero-order valence-corrected chi connectivity index (χ0v) is 15.4. The lowest BCUT2D eigenvalue weighted by molar-refractivity contribution is 0.0951. The summed E-state index contributed by atoms with van der Waals surface area (Å²) >= 11 is 0. The minimum Gasteiger partial charge on any atom is -0.489 e. The molecule has 0 radical (unpaired) electrons. The van der Waals surface area contributed by atoms with Crippen molar-refractivity contribution in [1.29, 1.82) is 0 Å². The summed E-state index contributed by atoms with van der Waals surface area (Å²) in [4.78, 5) is 12.3. The van der Waals surface area contributed by atoms with Gasteiger partial charge in [-0.05, 0) is 55.8 Å². The van der Waals surface area contributed by atoms with Crippen molar-refractivity contribution in [3.63, 3.8) is 0 Å². The van der Waals surface area contributed by atoms with Crippen molar-refractivity contribution in [3.05, 3.63) is 82.9 Å². The maximum absolute atomic E-state index is 12.9. The number of carbonyl (C=O) groups is 1. The third kappa shape index (κ3) is 4.94. The van der Waals surface area contributed by atoms with Gasteiger partial charge in [0.2, 0.25) is 0 Å². The van der Waals surface area contributed by atoms with E-state index in [0.717, 1.165) is 23.4 Å². The van der Waals surface area contributed by atoms with Crippen LogP contribution in [0.2, 0.25) is 0 Å². The highest BCUT2D eigenvalue weighted by molar-refractivity contribution is 5.94. The highest BCUT2D eigenvalue weighted by Crippen LogP contribution is 2.14. The first-order chi connectivity index (χ1) is 13.0. The molecular formula is C21H22FN3O2. The fourth-order valence-corrected chi connectivity index (χ4v) is 2.62. The Labute approximate surface area is 157 Å². The van der Waals surface area contributed by atoms with Crippen LogP contribution in [0, 0.1) is 12.7 Å². The van der Waals surface area contributed by atoms with Crippen LogP contribution in [-0.2, 0) is 19.7 Å². The lowest BCUT2D eigenvalue weighted by atomic mass is 10.1. The maximum Gasteiger partial charge on any atom is 0.251 e. The summed E-state index contributed by atoms with van der Waals surface area (Å²) in [6.07, 6.45) is 1.95. The molecule has 0 bridgehead atoms. The van der Waals surface area contributed by atoms with Crippen molar-refractivity contribution in [2.45, 2.75) is 33.5 Å². The predicted octanol–water partition coefficient (Wildman–Crippen LogP) is 3.86. The topological polar surface area (TPSA) is 56.2 Å². The summed E-state index contributed by atoms with van der Waals surface area (Å²) in [7, 11) is 0. The summed E-state index contributed by atoms with van der Waals surface area (Å²) < 4.78 is 20.3. The minimum absolute atomic E-state index is 0.135. The third-order valence-corrected chi connectivity index (χ3v) is 4.25. The standard InChI is InChI=1S/C21H22FN3O2/c1-3-25-13-18(15(2)24-25)12-23-21(26)17-6-4-16(5-7-17)14-27-20-10-8-19(22)9-11-20/h4-11,13H,3,12,14H2,1-2H3,(H,23,26). The highest BCUT2D eigenvalue weighted by atomic mass is 19.1. The fourth-order valence-electron chi connectivity index (χ4n) is 2.62. The molecule has 0 saturated carbocycles. The molecule has 0 fully saturated rings. The molecule has 6 heteroatoms. The average Bonchev–Trinajstić information content (AvgIpc) is 3.06. The fraction of sp³-hybridized carbons (Fsp3) is 0.238. The highest BCUT2D eigenvalue weighted by Gasteiger charge is 2.09. The van der Waals surface area contributed by atoms with E-state index in [1.807, 2.05) is 36.9 Å². The first-order valence-corrected chi connectivity index (χ1v) is 8.83. The Kier molecular flexibility index (Phi) is 5.86. The molecule has 0 unspecified atom stereocenters. The molecule has 3 rings (SSSR count). The first kappa shape index (κ1) is 18.6. The summed E-state index contributed by atoms with van der Waals surface area (Å²) in [6.45, 7) is 5.55. The second-order valence-electron chi connectivity index (χ2n) is 6.22. The van der Waals surface area contributed by atoms with Gasteiger partial charge < -0.3 is 10.1 Å². The van der Waals surface area contributed by atoms with Gasteiger partial charge in [0, 0.05) is 30.4 Å². The SMILES string of the molecule is CCn1cc(CNC(=O)c2ccc(COc3ccc(F)cc3)cc2)c(C)n1. The molecular weight excluding hydrogens is 345 g/mol. The summed E-state index contributed by atoms with van der Waals surface area (Å²) in [6, 6.07) is 13.1. The van der Waals surface area contributed by atoms with Crippen molar-refractivity contribution in [1.82, 2.24) is 15.1 Å². The van der Waals surface area contributed by atoms with Crippen LogP contribution in [0.25, 0.3) is 0 Å². The molecule has 0 aliphatic rings. The van der Waals surface area contributed by atoms with Crippen LogP contribution in [0.1, 0.15) is 34.1 Å². The van der Waals surface area contributed by atoms with Crippen LogP contribution in [0.4, 0.5) is 4.39 Å². The Bertz CT molecular complexity index is 902. The molecule has 0 spiro atoms. The quantitative estimate of drug-likeness (QED) is 0.690. The van der Waals surface area contributed by atoms with Gasteiger partial charge in [0.15, 0.2) is 0 Å². The number of amides is 1. The Morgan fingerprint density at radius 3 is 2.48 bits per heavy atom. The predicted molar refractivity (Wildman–Crippen MR) is 101 cm³/mol. The van der Waals surface area contributed by atoms with Gasteiger partial charge in [-0.2, -0.15) is 5.10 Å². The lowest BCUT2D eigenvalue weighted by Crippen LogP contribution is -2.22. The number of rotatable bonds is 7. The van der Waals surface area contributed by atoms with E-state index in [1.165, 1.54) is 12.1 Å². The van der Waals surface area contributed by atoms with Gasteiger partial charge in [0.05, 0.1) is 5.69 Å². The molecule has 0 aliphatic carbocycles. The molecule has 0 saturated heterocycles. The Hall–Kier alpha value is -3.15. The second kappa shape index (κ2) is 8.49. The molecule has 27 heavy (non-hydrogen) atoms. The number of nitrogens with zero attached hydrogens (tertiary/aromatic N) is 2. The molecule has 0 atom stereocenters. The minimum atomic E-state index is -0.296. The molecule has 2 aromatic carbocycles. The molecule has 1 aromatic heterocycles. The number of aryl methyl sites for hydroxylation is 2. The normalized spacial score (nSPS) is 10.6. The number of aromatic nitrogens is 2. The van der Waals surface area contributed by atoms with E-state index in [4.69, 9.17) is 4.74 Å². The zero-order valence-electron chi connectivity index (χ0n) is 15.4. The van der Waals surface area contributed by atoms with Crippen LogP contribution in [-0.4, -0.2) is 15.7 Å². The largest absolute Gasteiger partial charge is 0.489 e. The number of benzene rings is 2. The number of carbonyl (C=O) groups excluding carboxylic acids is 1. The lowest BCUT2D eigenvalue weighted by Gasteiger charge is -2.08. The van der Waals surface area contributed by atoms with Crippen LogP contribution < -0.4 is 10.1 Å². The third-order valence-electron chi connectivity index (χ3n) is 4.25. The zero-order chi connectivity index (χ0) is 19.2. The van der Waals surface area contributed by atoms with E-state index in [0.29, 0.717) is 24.5 Å². The molecule has 1 heterocycles. The van der Waals surface area contributed by atoms with E-state index in [2.05, 4.69) is 10.4 Å². The molecule has 1 N–H and O–H groups in total. The molecule has 0 aliphatic heterocycles. The van der Waals surface area contributed by atoms with Gasteiger partial charge in [-0.3, -0.25) is 9.48 Å². The van der Waals surface area contributed by atoms with Crippen LogP contribution >= 0.6 is 0 Å². The van der Waals surface area contributed by atoms with E-state index in [1.54, 1.807) is 24.3 Å². The Balaban J connectivity index is 1.53. The number of halogens is 1. The average molecular weight is 367 g/mol. The molecule has 3 aromatic rings. The monoisotopic (exact) mass is 367 g/mol. The van der Waals surface area contributed by atoms with Crippen molar-refractivity contribution < 1.29 is 13.9 Å². The van der Waals surface area contributed by atoms with Gasteiger partial charge >= 0.3 is 0 Å². The molecule has 5 nitrogen and oxygen atoms in total. The van der Waals surface area contributed by atoms with Gasteiger partial charge in [-0.25, -0.2) is 4.39 Å². The van der Waals surface area contributed by atoms with Crippen LogP contribution in [0.5, 0.6) is 5.75 Å². The summed E-state index contributed by atoms with van der Waals surface area (Å²) in [5, 5.41) is 7.29. The van der Waals surface area contributed by atoms with Crippen molar-refractivity contribution in [3.8, 4) is 5.75 Å². The van der Waals surface area contributed by atoms with Gasteiger partial charge in [0.25, 0.3) is 5.91 Å². The number of hydrogen-bond donors (Lipinski definition) is 1. The van der Waals surface area contributed by atoms with E-state index >= 15 is 0 Å². The molecule has 140 valence electrons. The van der Waals surface area contributed by atoms with Gasteiger partial charge in [-0.15, -0.1) is 0 Å². The van der Waals surface area contributed by atoms with E-state index in [-0.39, 0.29) is 11.7 Å². The smallest absolute Gasteiger partial charge is 0.251 e. The first-order valence-electron chi connectivity index (χ1n) is 8.83. The van der Waals surface area contributed by atoms with Crippen molar-refractivity contribution >= 4 is 5.91 Å². The van der Waals surface area contributed by atoms with Crippen molar-refractivity contribution in [2.75, 3.05) is 0 Å².